The van der Waals surface area contributed by atoms with Crippen LogP contribution in [0.3, 0.4) is 0 Å². The van der Waals surface area contributed by atoms with Gasteiger partial charge in [-0.25, -0.2) is 8.42 Å². The molecule has 0 spiro atoms. The topological polar surface area (TPSA) is 114 Å². The average Bonchev–Trinajstić information content (AvgIpc) is 2.68. The summed E-state index contributed by atoms with van der Waals surface area (Å²) in [5, 5.41) is 15.5. The molecule has 0 bridgehead atoms. The van der Waals surface area contributed by atoms with Crippen LogP contribution in [0, 0.1) is 16.0 Å². The summed E-state index contributed by atoms with van der Waals surface area (Å²) in [5.41, 5.74) is 3.80. The van der Waals surface area contributed by atoms with E-state index in [0.717, 1.165) is 37.5 Å². The van der Waals surface area contributed by atoms with Crippen LogP contribution in [0.5, 0.6) is 0 Å². The molecule has 1 N–H and O–H groups in total. The standard InChI is InChI=1S/C17H24N4O5S/c1-13-2-4-14(5-3-13)18-19-16-7-6-15(21(22)23)12-17(16)27(24,25)20-8-10-26-11-9-20/h6-7,12-13,19H,2-5,8-11H2,1H3. The first-order valence-corrected chi connectivity index (χ1v) is 10.5. The van der Waals surface area contributed by atoms with Gasteiger partial charge in [-0.3, -0.25) is 15.5 Å². The third-order valence-electron chi connectivity index (χ3n) is 4.95. The van der Waals surface area contributed by atoms with Gasteiger partial charge in [-0.15, -0.1) is 0 Å². The molecule has 2 fully saturated rings. The van der Waals surface area contributed by atoms with E-state index >= 15 is 0 Å². The third kappa shape index (κ3) is 4.63. The molecular weight excluding hydrogens is 372 g/mol. The Kier molecular flexibility index (Phi) is 6.08. The highest BCUT2D eigenvalue weighted by Gasteiger charge is 2.30. The number of ether oxygens (including phenoxy) is 1. The van der Waals surface area contributed by atoms with E-state index in [-0.39, 0.29) is 29.4 Å². The SMILES string of the molecule is CC1CCC(=NNc2ccc([N+](=O)[O-])cc2S(=O)(=O)N2CCOCC2)CC1. The normalized spacial score (nSPS) is 21.7. The van der Waals surface area contributed by atoms with Gasteiger partial charge < -0.3 is 4.74 Å². The van der Waals surface area contributed by atoms with E-state index in [9.17, 15) is 18.5 Å². The predicted octanol–water partition coefficient (Wildman–Crippen LogP) is 2.59. The Morgan fingerprint density at radius 2 is 1.93 bits per heavy atom. The minimum Gasteiger partial charge on any atom is -0.379 e. The van der Waals surface area contributed by atoms with E-state index in [1.54, 1.807) is 0 Å². The zero-order valence-electron chi connectivity index (χ0n) is 15.3. The first kappa shape index (κ1) is 19.7. The summed E-state index contributed by atoms with van der Waals surface area (Å²) in [7, 11) is -3.89. The van der Waals surface area contributed by atoms with E-state index in [1.807, 2.05) is 0 Å². The van der Waals surface area contributed by atoms with Crippen molar-refractivity contribution in [1.29, 1.82) is 0 Å². The minimum absolute atomic E-state index is 0.132. The van der Waals surface area contributed by atoms with Crippen molar-refractivity contribution in [2.45, 2.75) is 37.5 Å². The van der Waals surface area contributed by atoms with E-state index in [2.05, 4.69) is 17.5 Å². The molecule has 3 rings (SSSR count). The molecule has 0 radical (unpaired) electrons. The Balaban J connectivity index is 1.91. The molecular formula is C17H24N4O5S. The van der Waals surface area contributed by atoms with Gasteiger partial charge in [0.15, 0.2) is 0 Å². The van der Waals surface area contributed by atoms with Gasteiger partial charge in [0, 0.05) is 30.9 Å². The van der Waals surface area contributed by atoms with Crippen molar-refractivity contribution in [2.75, 3.05) is 31.7 Å². The number of sulfonamides is 1. The van der Waals surface area contributed by atoms with Crippen molar-refractivity contribution in [2.24, 2.45) is 11.0 Å². The zero-order valence-corrected chi connectivity index (χ0v) is 16.1. The highest BCUT2D eigenvalue weighted by molar-refractivity contribution is 7.89. The van der Waals surface area contributed by atoms with Crippen molar-refractivity contribution in [3.63, 3.8) is 0 Å². The molecule has 1 aliphatic carbocycles. The molecule has 148 valence electrons. The summed E-state index contributed by atoms with van der Waals surface area (Å²) in [5.74, 6) is 0.667. The smallest absolute Gasteiger partial charge is 0.270 e. The summed E-state index contributed by atoms with van der Waals surface area (Å²) >= 11 is 0. The molecule has 1 aromatic rings. The van der Waals surface area contributed by atoms with Crippen LogP contribution in [0.25, 0.3) is 0 Å². The number of nitrogens with zero attached hydrogens (tertiary/aromatic N) is 3. The highest BCUT2D eigenvalue weighted by Crippen LogP contribution is 2.30. The lowest BCUT2D eigenvalue weighted by Gasteiger charge is -2.26. The van der Waals surface area contributed by atoms with Gasteiger partial charge in [0.25, 0.3) is 5.69 Å². The molecule has 0 aromatic heterocycles. The molecule has 0 amide bonds. The second-order valence-electron chi connectivity index (χ2n) is 6.93. The summed E-state index contributed by atoms with van der Waals surface area (Å²) in [6.07, 6.45) is 3.85. The number of hydrogen-bond donors (Lipinski definition) is 1. The fraction of sp³-hybridized carbons (Fsp3) is 0.588. The predicted molar refractivity (Wildman–Crippen MR) is 101 cm³/mol. The van der Waals surface area contributed by atoms with Gasteiger partial charge in [0.2, 0.25) is 10.0 Å². The van der Waals surface area contributed by atoms with Crippen LogP contribution in [0.2, 0.25) is 0 Å². The van der Waals surface area contributed by atoms with Crippen LogP contribution < -0.4 is 5.43 Å². The van der Waals surface area contributed by atoms with Crippen molar-refractivity contribution >= 4 is 27.1 Å². The first-order chi connectivity index (χ1) is 12.9. The second kappa shape index (κ2) is 8.32. The molecule has 1 heterocycles. The third-order valence-corrected chi connectivity index (χ3v) is 6.89. The van der Waals surface area contributed by atoms with Crippen LogP contribution in [-0.2, 0) is 14.8 Å². The Morgan fingerprint density at radius 1 is 1.26 bits per heavy atom. The van der Waals surface area contributed by atoms with Crippen molar-refractivity contribution in [3.8, 4) is 0 Å². The number of nitro groups is 1. The lowest BCUT2D eigenvalue weighted by atomic mass is 9.90. The largest absolute Gasteiger partial charge is 0.379 e. The number of hydrazone groups is 1. The Hall–Kier alpha value is -2.04. The Labute approximate surface area is 158 Å². The maximum absolute atomic E-state index is 13.0. The van der Waals surface area contributed by atoms with Crippen LogP contribution in [-0.4, -0.2) is 49.7 Å². The molecule has 1 aromatic carbocycles. The molecule has 2 aliphatic rings. The lowest BCUT2D eigenvalue weighted by Crippen LogP contribution is -2.40. The molecule has 1 saturated carbocycles. The summed E-state index contributed by atoms with van der Waals surface area (Å²) in [6, 6.07) is 3.78. The molecule has 10 heteroatoms. The lowest BCUT2D eigenvalue weighted by molar-refractivity contribution is -0.385. The second-order valence-corrected chi connectivity index (χ2v) is 8.83. The maximum Gasteiger partial charge on any atom is 0.270 e. The number of morpholine rings is 1. The van der Waals surface area contributed by atoms with E-state index in [1.165, 1.54) is 16.4 Å². The summed E-state index contributed by atoms with van der Waals surface area (Å²) < 4.78 is 32.6. The Morgan fingerprint density at radius 3 is 2.56 bits per heavy atom. The molecule has 1 aliphatic heterocycles. The highest BCUT2D eigenvalue weighted by atomic mass is 32.2. The number of rotatable bonds is 5. The van der Waals surface area contributed by atoms with Crippen molar-refractivity contribution in [1.82, 2.24) is 4.31 Å². The van der Waals surface area contributed by atoms with E-state index < -0.39 is 14.9 Å². The molecule has 1 saturated heterocycles. The van der Waals surface area contributed by atoms with Gasteiger partial charge in [-0.2, -0.15) is 9.41 Å². The van der Waals surface area contributed by atoms with Gasteiger partial charge in [0.1, 0.15) is 4.90 Å². The average molecular weight is 396 g/mol. The van der Waals surface area contributed by atoms with Gasteiger partial charge in [-0.05, 0) is 37.7 Å². The number of hydrogen-bond acceptors (Lipinski definition) is 7. The first-order valence-electron chi connectivity index (χ1n) is 9.05. The molecule has 27 heavy (non-hydrogen) atoms. The van der Waals surface area contributed by atoms with E-state index in [4.69, 9.17) is 4.74 Å². The van der Waals surface area contributed by atoms with Crippen LogP contribution in [0.15, 0.2) is 28.2 Å². The summed E-state index contributed by atoms with van der Waals surface area (Å²) in [6.45, 7) is 3.25. The molecule has 0 unspecified atom stereocenters. The van der Waals surface area contributed by atoms with Gasteiger partial charge >= 0.3 is 0 Å². The zero-order chi connectivity index (χ0) is 19.4. The van der Waals surface area contributed by atoms with Gasteiger partial charge in [-0.1, -0.05) is 6.92 Å². The fourth-order valence-electron chi connectivity index (χ4n) is 3.20. The van der Waals surface area contributed by atoms with Gasteiger partial charge in [0.05, 0.1) is 23.8 Å². The molecule has 9 nitrogen and oxygen atoms in total. The van der Waals surface area contributed by atoms with E-state index in [0.29, 0.717) is 19.1 Å². The number of anilines is 1. The number of nitrogens with one attached hydrogen (secondary N) is 1. The van der Waals surface area contributed by atoms with Crippen LogP contribution in [0.4, 0.5) is 11.4 Å². The maximum atomic E-state index is 13.0. The van der Waals surface area contributed by atoms with Crippen molar-refractivity contribution < 1.29 is 18.1 Å². The molecule has 0 atom stereocenters. The summed E-state index contributed by atoms with van der Waals surface area (Å²) in [4.78, 5) is 10.4. The minimum atomic E-state index is -3.89. The number of non-ortho nitro benzene ring substituents is 1. The number of nitro benzene ring substituents is 1. The Bertz CT molecular complexity index is 824. The fourth-order valence-corrected chi connectivity index (χ4v) is 4.77. The van der Waals surface area contributed by atoms with Crippen molar-refractivity contribution in [3.05, 3.63) is 28.3 Å². The quantitative estimate of drug-likeness (QED) is 0.604. The van der Waals surface area contributed by atoms with Crippen LogP contribution in [0.1, 0.15) is 32.6 Å². The number of benzene rings is 1. The monoisotopic (exact) mass is 396 g/mol. The van der Waals surface area contributed by atoms with Crippen LogP contribution >= 0.6 is 0 Å².